The van der Waals surface area contributed by atoms with Crippen molar-refractivity contribution in [1.82, 2.24) is 20.4 Å². The number of likely N-dealkylation sites (tertiary alicyclic amines) is 1. The molecule has 20 heavy (non-hydrogen) atoms. The number of aromatic amines is 1. The highest BCUT2D eigenvalue weighted by Crippen LogP contribution is 2.29. The predicted molar refractivity (Wildman–Crippen MR) is 72.1 cm³/mol. The maximum Gasteiger partial charge on any atom is 0.317 e. The van der Waals surface area contributed by atoms with Gasteiger partial charge in [-0.2, -0.15) is 5.10 Å². The maximum absolute atomic E-state index is 12.2. The minimum Gasteiger partial charge on any atom is -0.481 e. The lowest BCUT2D eigenvalue weighted by molar-refractivity contribution is -0.150. The summed E-state index contributed by atoms with van der Waals surface area (Å²) in [5.41, 5.74) is 0.0328. The highest BCUT2D eigenvalue weighted by Gasteiger charge is 2.39. The molecular formula is C13H20N4O3. The Labute approximate surface area is 117 Å². The number of aromatic nitrogens is 2. The maximum atomic E-state index is 12.2. The monoisotopic (exact) mass is 280 g/mol. The summed E-state index contributed by atoms with van der Waals surface area (Å²) in [5.74, 6) is -0.849. The predicted octanol–water partition coefficient (Wildman–Crippen LogP) is 1.37. The molecule has 0 bridgehead atoms. The van der Waals surface area contributed by atoms with Crippen LogP contribution in [0.4, 0.5) is 4.79 Å². The third kappa shape index (κ3) is 2.92. The van der Waals surface area contributed by atoms with Crippen molar-refractivity contribution in [2.75, 3.05) is 13.1 Å². The van der Waals surface area contributed by atoms with Crippen LogP contribution in [0.25, 0.3) is 0 Å². The standard InChI is InChI=1S/C13H20N4O3/c1-9(10-6-14-15-7-10)16-12(20)17-5-3-4-13(2,8-17)11(18)19/h6-7,9H,3-5,8H2,1-2H3,(H,14,15)(H,16,20)(H,18,19). The number of urea groups is 1. The molecule has 1 fully saturated rings. The van der Waals surface area contributed by atoms with Crippen molar-refractivity contribution in [3.63, 3.8) is 0 Å². The summed E-state index contributed by atoms with van der Waals surface area (Å²) in [4.78, 5) is 25.1. The molecule has 0 aliphatic carbocycles. The Morgan fingerprint density at radius 1 is 1.60 bits per heavy atom. The van der Waals surface area contributed by atoms with Crippen molar-refractivity contribution >= 4 is 12.0 Å². The summed E-state index contributed by atoms with van der Waals surface area (Å²) in [6.07, 6.45) is 4.69. The lowest BCUT2D eigenvalue weighted by atomic mass is 9.82. The van der Waals surface area contributed by atoms with Crippen molar-refractivity contribution in [3.05, 3.63) is 18.0 Å². The van der Waals surface area contributed by atoms with Gasteiger partial charge in [0.05, 0.1) is 17.7 Å². The van der Waals surface area contributed by atoms with Crippen molar-refractivity contribution in [1.29, 1.82) is 0 Å². The number of carbonyl (C=O) groups excluding carboxylic acids is 1. The second kappa shape index (κ2) is 5.52. The van der Waals surface area contributed by atoms with Gasteiger partial charge in [0, 0.05) is 24.8 Å². The Kier molecular flexibility index (Phi) is 3.96. The number of piperidine rings is 1. The van der Waals surface area contributed by atoms with Crippen LogP contribution in [0.3, 0.4) is 0 Å². The third-order valence-electron chi connectivity index (χ3n) is 3.86. The molecule has 0 aromatic carbocycles. The van der Waals surface area contributed by atoms with Gasteiger partial charge in [-0.05, 0) is 26.7 Å². The van der Waals surface area contributed by atoms with Gasteiger partial charge in [0.15, 0.2) is 0 Å². The fourth-order valence-corrected chi connectivity index (χ4v) is 2.44. The first-order valence-corrected chi connectivity index (χ1v) is 6.70. The molecule has 7 nitrogen and oxygen atoms in total. The first-order chi connectivity index (χ1) is 9.42. The van der Waals surface area contributed by atoms with Crippen LogP contribution in [0, 0.1) is 5.41 Å². The summed E-state index contributed by atoms with van der Waals surface area (Å²) >= 11 is 0. The summed E-state index contributed by atoms with van der Waals surface area (Å²) in [5, 5.41) is 18.7. The molecule has 7 heteroatoms. The van der Waals surface area contributed by atoms with E-state index in [1.807, 2.05) is 6.92 Å². The van der Waals surface area contributed by atoms with Gasteiger partial charge in [0.1, 0.15) is 0 Å². The average Bonchev–Trinajstić information content (AvgIpc) is 2.92. The molecule has 2 unspecified atom stereocenters. The lowest BCUT2D eigenvalue weighted by Gasteiger charge is -2.37. The van der Waals surface area contributed by atoms with E-state index in [0.29, 0.717) is 19.4 Å². The first-order valence-electron chi connectivity index (χ1n) is 6.70. The van der Waals surface area contributed by atoms with E-state index in [4.69, 9.17) is 0 Å². The highest BCUT2D eigenvalue weighted by atomic mass is 16.4. The number of amides is 2. The molecule has 3 N–H and O–H groups in total. The fraction of sp³-hybridized carbons (Fsp3) is 0.615. The molecule has 2 amide bonds. The van der Waals surface area contributed by atoms with Crippen LogP contribution in [0.15, 0.2) is 12.4 Å². The number of nitrogens with zero attached hydrogens (tertiary/aromatic N) is 2. The Hall–Kier alpha value is -2.05. The molecule has 1 aliphatic heterocycles. The quantitative estimate of drug-likeness (QED) is 0.778. The Balaban J connectivity index is 1.97. The van der Waals surface area contributed by atoms with Crippen molar-refractivity contribution < 1.29 is 14.7 Å². The van der Waals surface area contributed by atoms with Crippen molar-refractivity contribution in [2.45, 2.75) is 32.7 Å². The molecule has 1 aromatic heterocycles. The van der Waals surface area contributed by atoms with E-state index in [-0.39, 0.29) is 18.6 Å². The SMILES string of the molecule is CC(NC(=O)N1CCCC(C)(C(=O)O)C1)c1cn[nH]c1. The van der Waals surface area contributed by atoms with E-state index >= 15 is 0 Å². The van der Waals surface area contributed by atoms with Gasteiger partial charge in [0.25, 0.3) is 0 Å². The van der Waals surface area contributed by atoms with Crippen LogP contribution in [0.5, 0.6) is 0 Å². The van der Waals surface area contributed by atoms with Crippen LogP contribution in [-0.4, -0.2) is 45.3 Å². The largest absolute Gasteiger partial charge is 0.481 e. The number of carboxylic acids is 1. The third-order valence-corrected chi connectivity index (χ3v) is 3.86. The van der Waals surface area contributed by atoms with E-state index in [9.17, 15) is 14.7 Å². The number of hydrogen-bond donors (Lipinski definition) is 3. The van der Waals surface area contributed by atoms with Gasteiger partial charge in [-0.25, -0.2) is 4.79 Å². The highest BCUT2D eigenvalue weighted by molar-refractivity contribution is 5.78. The average molecular weight is 280 g/mol. The minimum atomic E-state index is -0.853. The van der Waals surface area contributed by atoms with Crippen molar-refractivity contribution in [2.24, 2.45) is 5.41 Å². The Bertz CT molecular complexity index is 488. The Morgan fingerprint density at radius 2 is 2.35 bits per heavy atom. The summed E-state index contributed by atoms with van der Waals surface area (Å²) < 4.78 is 0. The molecule has 1 aromatic rings. The number of aliphatic carboxylic acids is 1. The van der Waals surface area contributed by atoms with E-state index in [1.54, 1.807) is 24.2 Å². The molecule has 2 atom stereocenters. The van der Waals surface area contributed by atoms with Crippen LogP contribution >= 0.6 is 0 Å². The molecule has 0 spiro atoms. The van der Waals surface area contributed by atoms with Crippen LogP contribution in [0.1, 0.15) is 38.3 Å². The van der Waals surface area contributed by atoms with Gasteiger partial charge >= 0.3 is 12.0 Å². The topological polar surface area (TPSA) is 98.3 Å². The van der Waals surface area contributed by atoms with Gasteiger partial charge < -0.3 is 15.3 Å². The van der Waals surface area contributed by atoms with E-state index < -0.39 is 11.4 Å². The summed E-state index contributed by atoms with van der Waals surface area (Å²) in [6, 6.07) is -0.398. The lowest BCUT2D eigenvalue weighted by Crippen LogP contribution is -2.51. The second-order valence-corrected chi connectivity index (χ2v) is 5.59. The van der Waals surface area contributed by atoms with Crippen LogP contribution in [0.2, 0.25) is 0 Å². The molecule has 2 heterocycles. The van der Waals surface area contributed by atoms with E-state index in [1.165, 1.54) is 0 Å². The molecule has 1 aliphatic rings. The molecule has 0 radical (unpaired) electrons. The van der Waals surface area contributed by atoms with Gasteiger partial charge in [-0.1, -0.05) is 0 Å². The summed E-state index contributed by atoms with van der Waals surface area (Å²) in [7, 11) is 0. The number of carbonyl (C=O) groups is 2. The number of nitrogens with one attached hydrogen (secondary N) is 2. The molecular weight excluding hydrogens is 260 g/mol. The zero-order chi connectivity index (χ0) is 14.8. The minimum absolute atomic E-state index is 0.167. The van der Waals surface area contributed by atoms with E-state index in [0.717, 1.165) is 5.56 Å². The molecule has 1 saturated heterocycles. The number of carboxylic acid groups (broad SMARTS) is 1. The number of rotatable bonds is 3. The Morgan fingerprint density at radius 3 is 2.95 bits per heavy atom. The van der Waals surface area contributed by atoms with Crippen LogP contribution < -0.4 is 5.32 Å². The fourth-order valence-electron chi connectivity index (χ4n) is 2.44. The zero-order valence-electron chi connectivity index (χ0n) is 11.7. The smallest absolute Gasteiger partial charge is 0.317 e. The van der Waals surface area contributed by atoms with Gasteiger partial charge in [0.2, 0.25) is 0 Å². The number of H-pyrrole nitrogens is 1. The van der Waals surface area contributed by atoms with Crippen molar-refractivity contribution in [3.8, 4) is 0 Å². The van der Waals surface area contributed by atoms with E-state index in [2.05, 4.69) is 15.5 Å². The number of hydrogen-bond acceptors (Lipinski definition) is 3. The zero-order valence-corrected chi connectivity index (χ0v) is 11.7. The summed E-state index contributed by atoms with van der Waals surface area (Å²) in [6.45, 7) is 4.39. The molecule has 2 rings (SSSR count). The van der Waals surface area contributed by atoms with Gasteiger partial charge in [-0.3, -0.25) is 9.89 Å². The first kappa shape index (κ1) is 14.4. The molecule has 110 valence electrons. The van der Waals surface area contributed by atoms with Crippen LogP contribution in [-0.2, 0) is 4.79 Å². The normalized spacial score (nSPS) is 24.2. The second-order valence-electron chi connectivity index (χ2n) is 5.59. The van der Waals surface area contributed by atoms with Gasteiger partial charge in [-0.15, -0.1) is 0 Å². The molecule has 0 saturated carbocycles.